The maximum absolute atomic E-state index is 12.0. The third-order valence-electron chi connectivity index (χ3n) is 4.16. The van der Waals surface area contributed by atoms with Crippen LogP contribution in [0.3, 0.4) is 0 Å². The molecule has 10 heteroatoms. The highest BCUT2D eigenvalue weighted by atomic mass is 127. The van der Waals surface area contributed by atoms with Crippen molar-refractivity contribution in [2.75, 3.05) is 46.4 Å². The molecule has 6 nitrogen and oxygen atoms in total. The van der Waals surface area contributed by atoms with Crippen LogP contribution in [0.15, 0.2) is 27.8 Å². The summed E-state index contributed by atoms with van der Waals surface area (Å²) in [5.41, 5.74) is 0. The first kappa shape index (κ1) is 24.0. The number of hydrogen-bond acceptors (Lipinski definition) is 4. The molecule has 0 aromatic carbocycles. The van der Waals surface area contributed by atoms with Crippen molar-refractivity contribution in [3.63, 3.8) is 0 Å². The molecule has 0 radical (unpaired) electrons. The highest BCUT2D eigenvalue weighted by Gasteiger charge is 2.27. The van der Waals surface area contributed by atoms with Gasteiger partial charge in [-0.25, -0.2) is 0 Å². The lowest BCUT2D eigenvalue weighted by molar-refractivity contribution is -0.173. The molecule has 0 aliphatic carbocycles. The number of alkyl halides is 3. The van der Waals surface area contributed by atoms with Crippen LogP contribution in [-0.4, -0.2) is 63.5 Å². The normalized spacial score (nSPS) is 16.8. The molecule has 0 bridgehead atoms. The Bertz CT molecular complexity index is 535. The van der Waals surface area contributed by atoms with Gasteiger partial charge in [-0.2, -0.15) is 13.2 Å². The monoisotopic (exact) mass is 504 g/mol. The molecule has 1 aromatic rings. The maximum Gasteiger partial charge on any atom is 0.411 e. The fourth-order valence-corrected chi connectivity index (χ4v) is 2.93. The van der Waals surface area contributed by atoms with Crippen molar-refractivity contribution in [3.05, 3.63) is 24.2 Å². The van der Waals surface area contributed by atoms with Crippen LogP contribution in [0.4, 0.5) is 13.2 Å². The standard InChI is InChI=1S/C17H27F3N4O2.HI/c1-21-16(22-7-5-10-25-13-17(18,19)20)23-12-14(15-6-4-11-26-15)24-8-2-3-9-24;/h4,6,11,14H,2-3,5,7-10,12-13H2,1H3,(H2,21,22,23);1H. The first-order valence-electron chi connectivity index (χ1n) is 8.86. The number of furan rings is 1. The molecule has 1 aliphatic heterocycles. The van der Waals surface area contributed by atoms with Crippen molar-refractivity contribution in [2.24, 2.45) is 4.99 Å². The van der Waals surface area contributed by atoms with Gasteiger partial charge < -0.3 is 19.8 Å². The lowest BCUT2D eigenvalue weighted by Gasteiger charge is -2.26. The van der Waals surface area contributed by atoms with Crippen LogP contribution in [0.2, 0.25) is 0 Å². The van der Waals surface area contributed by atoms with Crippen molar-refractivity contribution < 1.29 is 22.3 Å². The largest absolute Gasteiger partial charge is 0.468 e. The van der Waals surface area contributed by atoms with Gasteiger partial charge in [0.05, 0.1) is 12.3 Å². The smallest absolute Gasteiger partial charge is 0.411 e. The highest BCUT2D eigenvalue weighted by molar-refractivity contribution is 14.0. The average Bonchev–Trinajstić information content (AvgIpc) is 3.29. The highest BCUT2D eigenvalue weighted by Crippen LogP contribution is 2.24. The molecular weight excluding hydrogens is 476 g/mol. The number of ether oxygens (including phenoxy) is 1. The van der Waals surface area contributed by atoms with Gasteiger partial charge in [0.15, 0.2) is 5.96 Å². The molecule has 1 aromatic heterocycles. The van der Waals surface area contributed by atoms with E-state index >= 15 is 0 Å². The first-order valence-corrected chi connectivity index (χ1v) is 8.86. The van der Waals surface area contributed by atoms with Crippen LogP contribution in [-0.2, 0) is 4.74 Å². The van der Waals surface area contributed by atoms with Crippen molar-refractivity contribution in [1.82, 2.24) is 15.5 Å². The Hall–Kier alpha value is -1.01. The van der Waals surface area contributed by atoms with Gasteiger partial charge in [0.2, 0.25) is 0 Å². The van der Waals surface area contributed by atoms with Gasteiger partial charge in [-0.05, 0) is 44.5 Å². The molecule has 156 valence electrons. The Morgan fingerprint density at radius 2 is 2.07 bits per heavy atom. The van der Waals surface area contributed by atoms with Crippen LogP contribution in [0.25, 0.3) is 0 Å². The van der Waals surface area contributed by atoms with E-state index in [0.717, 1.165) is 18.8 Å². The topological polar surface area (TPSA) is 62.0 Å². The van der Waals surface area contributed by atoms with E-state index in [2.05, 4.69) is 25.3 Å². The van der Waals surface area contributed by atoms with E-state index < -0.39 is 12.8 Å². The number of aliphatic imine (C=N–C) groups is 1. The molecule has 2 rings (SSSR count). The fourth-order valence-electron chi connectivity index (χ4n) is 2.93. The van der Waals surface area contributed by atoms with E-state index in [1.165, 1.54) is 12.8 Å². The molecule has 1 fully saturated rings. The number of nitrogens with one attached hydrogen (secondary N) is 2. The minimum Gasteiger partial charge on any atom is -0.468 e. The second-order valence-corrected chi connectivity index (χ2v) is 6.18. The molecule has 1 atom stereocenters. The van der Waals surface area contributed by atoms with Crippen LogP contribution in [0.1, 0.15) is 31.1 Å². The van der Waals surface area contributed by atoms with Crippen LogP contribution in [0, 0.1) is 0 Å². The van der Waals surface area contributed by atoms with E-state index in [1.807, 2.05) is 12.1 Å². The maximum atomic E-state index is 12.0. The van der Waals surface area contributed by atoms with E-state index in [9.17, 15) is 13.2 Å². The number of rotatable bonds is 9. The molecular formula is C17H28F3IN4O2. The molecule has 1 aliphatic rings. The molecule has 1 saturated heterocycles. The number of halogens is 4. The summed E-state index contributed by atoms with van der Waals surface area (Å²) in [6.45, 7) is 2.03. The summed E-state index contributed by atoms with van der Waals surface area (Å²) in [7, 11) is 1.66. The van der Waals surface area contributed by atoms with Gasteiger partial charge in [0, 0.05) is 26.7 Å². The predicted octanol–water partition coefficient (Wildman–Crippen LogP) is 3.17. The van der Waals surface area contributed by atoms with Crippen LogP contribution in [0.5, 0.6) is 0 Å². The van der Waals surface area contributed by atoms with Crippen LogP contribution >= 0.6 is 24.0 Å². The van der Waals surface area contributed by atoms with E-state index in [-0.39, 0.29) is 36.6 Å². The number of guanidine groups is 1. The van der Waals surface area contributed by atoms with Crippen LogP contribution < -0.4 is 10.6 Å². The second-order valence-electron chi connectivity index (χ2n) is 6.18. The molecule has 0 spiro atoms. The van der Waals surface area contributed by atoms with Crippen molar-refractivity contribution in [3.8, 4) is 0 Å². The number of likely N-dealkylation sites (tertiary alicyclic amines) is 1. The predicted molar refractivity (Wildman–Crippen MR) is 109 cm³/mol. The van der Waals surface area contributed by atoms with Crippen molar-refractivity contribution in [1.29, 1.82) is 0 Å². The third kappa shape index (κ3) is 9.15. The quantitative estimate of drug-likeness (QED) is 0.234. The SMILES string of the molecule is CN=C(NCCCOCC(F)(F)F)NCC(c1ccco1)N1CCCC1.I. The van der Waals surface area contributed by atoms with E-state index in [4.69, 9.17) is 4.42 Å². The Labute approximate surface area is 174 Å². The third-order valence-corrected chi connectivity index (χ3v) is 4.16. The van der Waals surface area contributed by atoms with E-state index in [1.54, 1.807) is 13.3 Å². The summed E-state index contributed by atoms with van der Waals surface area (Å²) in [4.78, 5) is 6.53. The lowest BCUT2D eigenvalue weighted by atomic mass is 10.2. The first-order chi connectivity index (χ1) is 12.5. The van der Waals surface area contributed by atoms with Crippen molar-refractivity contribution in [2.45, 2.75) is 31.5 Å². The summed E-state index contributed by atoms with van der Waals surface area (Å²) < 4.78 is 46.1. The van der Waals surface area contributed by atoms with Crippen molar-refractivity contribution >= 4 is 29.9 Å². The Morgan fingerprint density at radius 1 is 1.33 bits per heavy atom. The zero-order chi connectivity index (χ0) is 18.8. The summed E-state index contributed by atoms with van der Waals surface area (Å²) in [5, 5.41) is 6.35. The molecule has 0 amide bonds. The molecule has 27 heavy (non-hydrogen) atoms. The Balaban J connectivity index is 0.00000364. The van der Waals surface area contributed by atoms with Gasteiger partial charge in [0.25, 0.3) is 0 Å². The zero-order valence-electron chi connectivity index (χ0n) is 15.4. The minimum absolute atomic E-state index is 0. The fraction of sp³-hybridized carbons (Fsp3) is 0.706. The molecule has 0 saturated carbocycles. The molecule has 2 N–H and O–H groups in total. The average molecular weight is 504 g/mol. The lowest BCUT2D eigenvalue weighted by Crippen LogP contribution is -2.43. The Kier molecular flexibility index (Phi) is 11.1. The van der Waals surface area contributed by atoms with Gasteiger partial charge in [0.1, 0.15) is 12.4 Å². The summed E-state index contributed by atoms with van der Waals surface area (Å²) >= 11 is 0. The second kappa shape index (κ2) is 12.4. The summed E-state index contributed by atoms with van der Waals surface area (Å²) in [6, 6.07) is 3.98. The van der Waals surface area contributed by atoms with Gasteiger partial charge in [-0.3, -0.25) is 9.89 Å². The summed E-state index contributed by atoms with van der Waals surface area (Å²) in [6.07, 6.45) is 0.225. The molecule has 1 unspecified atom stereocenters. The van der Waals surface area contributed by atoms with E-state index in [0.29, 0.717) is 25.5 Å². The minimum atomic E-state index is -4.28. The summed E-state index contributed by atoms with van der Waals surface area (Å²) in [5.74, 6) is 1.52. The van der Waals surface area contributed by atoms with Gasteiger partial charge in [-0.15, -0.1) is 24.0 Å². The number of hydrogen-bond donors (Lipinski definition) is 2. The van der Waals surface area contributed by atoms with Gasteiger partial charge in [-0.1, -0.05) is 0 Å². The zero-order valence-corrected chi connectivity index (χ0v) is 17.8. The van der Waals surface area contributed by atoms with Gasteiger partial charge >= 0.3 is 6.18 Å². The molecule has 2 heterocycles. The Morgan fingerprint density at radius 3 is 2.67 bits per heavy atom. The number of nitrogens with zero attached hydrogens (tertiary/aromatic N) is 2.